The van der Waals surface area contributed by atoms with Crippen LogP contribution in [0.15, 0.2) is 29.2 Å². The monoisotopic (exact) mass is 263 g/mol. The summed E-state index contributed by atoms with van der Waals surface area (Å²) in [5.74, 6) is 0.424. The van der Waals surface area contributed by atoms with Gasteiger partial charge in [-0.2, -0.15) is 5.26 Å². The van der Waals surface area contributed by atoms with Crippen LogP contribution in [0, 0.1) is 11.3 Å². The molecule has 2 rings (SSSR count). The summed E-state index contributed by atoms with van der Waals surface area (Å²) in [4.78, 5) is 0.272. The maximum Gasteiger partial charge on any atom is 0.197 e. The van der Waals surface area contributed by atoms with Crippen LogP contribution < -0.4 is 0 Å². The van der Waals surface area contributed by atoms with E-state index in [1.807, 2.05) is 18.2 Å². The predicted octanol–water partition coefficient (Wildman–Crippen LogP) is 3.03. The van der Waals surface area contributed by atoms with Crippen molar-refractivity contribution in [3.05, 3.63) is 29.8 Å². The highest BCUT2D eigenvalue weighted by Gasteiger charge is 2.55. The Bertz CT molecular complexity index is 577. The Morgan fingerprint density at radius 3 is 2.28 bits per heavy atom. The Hall–Kier alpha value is -1.34. The molecule has 18 heavy (non-hydrogen) atoms. The van der Waals surface area contributed by atoms with Crippen molar-refractivity contribution in [3.63, 3.8) is 0 Å². The summed E-state index contributed by atoms with van der Waals surface area (Å²) >= 11 is 0. The van der Waals surface area contributed by atoms with E-state index in [9.17, 15) is 8.42 Å². The number of rotatable bonds is 4. The van der Waals surface area contributed by atoms with E-state index in [0.717, 1.165) is 12.0 Å². The van der Waals surface area contributed by atoms with Crippen LogP contribution in [0.1, 0.15) is 44.6 Å². The topological polar surface area (TPSA) is 57.9 Å². The predicted molar refractivity (Wildman–Crippen MR) is 69.9 cm³/mol. The van der Waals surface area contributed by atoms with Crippen LogP contribution in [0.25, 0.3) is 0 Å². The van der Waals surface area contributed by atoms with Gasteiger partial charge in [-0.05, 0) is 42.9 Å². The van der Waals surface area contributed by atoms with E-state index in [-0.39, 0.29) is 4.90 Å². The van der Waals surface area contributed by atoms with E-state index in [0.29, 0.717) is 18.8 Å². The third-order valence-corrected chi connectivity index (χ3v) is 6.22. The van der Waals surface area contributed by atoms with Crippen molar-refractivity contribution in [2.24, 2.45) is 0 Å². The second kappa shape index (κ2) is 4.40. The molecule has 1 fully saturated rings. The zero-order valence-electron chi connectivity index (χ0n) is 10.7. The molecule has 3 nitrogen and oxygen atoms in total. The highest BCUT2D eigenvalue weighted by atomic mass is 32.2. The molecule has 1 aliphatic carbocycles. The maximum atomic E-state index is 12.3. The molecule has 0 radical (unpaired) electrons. The van der Waals surface area contributed by atoms with Gasteiger partial charge in [0.2, 0.25) is 0 Å². The van der Waals surface area contributed by atoms with Crippen LogP contribution in [0.4, 0.5) is 0 Å². The molecular weight excluding hydrogens is 246 g/mol. The second-order valence-electron chi connectivity index (χ2n) is 4.99. The normalized spacial score (nSPS) is 18.9. The van der Waals surface area contributed by atoms with E-state index in [1.165, 1.54) is 0 Å². The molecule has 1 aromatic carbocycles. The molecule has 0 aromatic heterocycles. The van der Waals surface area contributed by atoms with Crippen molar-refractivity contribution in [2.45, 2.75) is 48.7 Å². The summed E-state index contributed by atoms with van der Waals surface area (Å²) in [5, 5.41) is 9.01. The van der Waals surface area contributed by atoms with E-state index in [2.05, 4.69) is 13.8 Å². The van der Waals surface area contributed by atoms with Gasteiger partial charge in [0.1, 0.15) is 0 Å². The Kier molecular flexibility index (Phi) is 3.20. The molecule has 96 valence electrons. The molecule has 1 saturated carbocycles. The third-order valence-electron chi connectivity index (χ3n) is 3.79. The summed E-state index contributed by atoms with van der Waals surface area (Å²) in [6.45, 7) is 4.21. The molecule has 0 saturated heterocycles. The standard InChI is InChI=1S/C14H17NO2S/c1-3-11(2)12-4-6-13(7-5-12)18(16,17)14(10-15)8-9-14/h4-7,11H,3,8-9H2,1-2H3. The molecule has 0 spiro atoms. The number of hydrogen-bond acceptors (Lipinski definition) is 3. The second-order valence-corrected chi connectivity index (χ2v) is 7.25. The van der Waals surface area contributed by atoms with Gasteiger partial charge in [0.05, 0.1) is 11.0 Å². The Balaban J connectivity index is 2.34. The first kappa shape index (κ1) is 13.1. The minimum atomic E-state index is -3.49. The van der Waals surface area contributed by atoms with E-state index >= 15 is 0 Å². The fourth-order valence-electron chi connectivity index (χ4n) is 1.99. The largest absolute Gasteiger partial charge is 0.222 e. The molecule has 0 bridgehead atoms. The minimum Gasteiger partial charge on any atom is -0.222 e. The highest BCUT2D eigenvalue weighted by Crippen LogP contribution is 2.46. The Morgan fingerprint density at radius 2 is 1.89 bits per heavy atom. The average molecular weight is 263 g/mol. The third kappa shape index (κ3) is 1.93. The van der Waals surface area contributed by atoms with Crippen LogP contribution >= 0.6 is 0 Å². The van der Waals surface area contributed by atoms with Crippen molar-refractivity contribution < 1.29 is 8.42 Å². The first-order valence-corrected chi connectivity index (χ1v) is 7.71. The summed E-state index contributed by atoms with van der Waals surface area (Å²) < 4.78 is 23.4. The summed E-state index contributed by atoms with van der Waals surface area (Å²) in [6, 6.07) is 8.93. The van der Waals surface area contributed by atoms with E-state index in [4.69, 9.17) is 5.26 Å². The molecular formula is C14H17NO2S. The first-order chi connectivity index (χ1) is 8.47. The number of hydrogen-bond donors (Lipinski definition) is 0. The molecule has 0 N–H and O–H groups in total. The van der Waals surface area contributed by atoms with Gasteiger partial charge in [-0.25, -0.2) is 8.42 Å². The van der Waals surface area contributed by atoms with Crippen molar-refractivity contribution >= 4 is 9.84 Å². The lowest BCUT2D eigenvalue weighted by atomic mass is 9.99. The number of sulfone groups is 1. The Morgan fingerprint density at radius 1 is 1.33 bits per heavy atom. The fraction of sp³-hybridized carbons (Fsp3) is 0.500. The van der Waals surface area contributed by atoms with Gasteiger partial charge in [-0.3, -0.25) is 0 Å². The number of nitrogens with zero attached hydrogens (tertiary/aromatic N) is 1. The molecule has 0 amide bonds. The van der Waals surface area contributed by atoms with Gasteiger partial charge in [0.15, 0.2) is 14.6 Å². The molecule has 1 aliphatic rings. The zero-order chi connectivity index (χ0) is 13.4. The van der Waals surface area contributed by atoms with Gasteiger partial charge in [-0.15, -0.1) is 0 Å². The van der Waals surface area contributed by atoms with Crippen LogP contribution in [-0.2, 0) is 9.84 Å². The molecule has 1 unspecified atom stereocenters. The van der Waals surface area contributed by atoms with E-state index < -0.39 is 14.6 Å². The summed E-state index contributed by atoms with van der Waals surface area (Å²) in [5.41, 5.74) is 1.14. The van der Waals surface area contributed by atoms with Gasteiger partial charge in [0.25, 0.3) is 0 Å². The van der Waals surface area contributed by atoms with Crippen LogP contribution in [-0.4, -0.2) is 13.2 Å². The fourth-order valence-corrected chi connectivity index (χ4v) is 3.70. The van der Waals surface area contributed by atoms with Gasteiger partial charge in [0, 0.05) is 0 Å². The molecule has 0 aliphatic heterocycles. The molecule has 1 atom stereocenters. The maximum absolute atomic E-state index is 12.3. The average Bonchev–Trinajstić information content (AvgIpc) is 3.19. The zero-order valence-corrected chi connectivity index (χ0v) is 11.5. The summed E-state index contributed by atoms with van der Waals surface area (Å²) in [6.07, 6.45) is 1.94. The van der Waals surface area contributed by atoms with Gasteiger partial charge < -0.3 is 0 Å². The molecule has 0 heterocycles. The van der Waals surface area contributed by atoms with Crippen LogP contribution in [0.2, 0.25) is 0 Å². The smallest absolute Gasteiger partial charge is 0.197 e. The minimum absolute atomic E-state index is 0.272. The Labute approximate surface area is 108 Å². The quantitative estimate of drug-likeness (QED) is 0.839. The highest BCUT2D eigenvalue weighted by molar-refractivity contribution is 7.93. The van der Waals surface area contributed by atoms with Gasteiger partial charge >= 0.3 is 0 Å². The van der Waals surface area contributed by atoms with Crippen molar-refractivity contribution in [3.8, 4) is 6.07 Å². The summed E-state index contributed by atoms with van der Waals surface area (Å²) in [7, 11) is -3.49. The van der Waals surface area contributed by atoms with Crippen molar-refractivity contribution in [1.82, 2.24) is 0 Å². The van der Waals surface area contributed by atoms with Crippen LogP contribution in [0.5, 0.6) is 0 Å². The number of benzene rings is 1. The van der Waals surface area contributed by atoms with Crippen molar-refractivity contribution in [2.75, 3.05) is 0 Å². The number of nitriles is 1. The lowest BCUT2D eigenvalue weighted by molar-refractivity contribution is 0.588. The lowest BCUT2D eigenvalue weighted by Crippen LogP contribution is -2.21. The molecule has 4 heteroatoms. The van der Waals surface area contributed by atoms with Gasteiger partial charge in [-0.1, -0.05) is 26.0 Å². The molecule has 1 aromatic rings. The lowest BCUT2D eigenvalue weighted by Gasteiger charge is -2.12. The van der Waals surface area contributed by atoms with Crippen molar-refractivity contribution in [1.29, 1.82) is 5.26 Å². The first-order valence-electron chi connectivity index (χ1n) is 6.23. The SMILES string of the molecule is CCC(C)c1ccc(S(=O)(=O)C2(C#N)CC2)cc1. The van der Waals surface area contributed by atoms with E-state index in [1.54, 1.807) is 12.1 Å². The van der Waals surface area contributed by atoms with Crippen LogP contribution in [0.3, 0.4) is 0 Å².